The number of hydrogen-bond donors (Lipinski definition) is 2. The van der Waals surface area contributed by atoms with E-state index < -0.39 is 0 Å². The molecule has 0 bridgehead atoms. The SMILES string of the molecule is CC(NC(=O)CCCCBr)c1cn[nH]c1. The van der Waals surface area contributed by atoms with Gasteiger partial charge in [-0.15, -0.1) is 0 Å². The number of hydrogen-bond acceptors (Lipinski definition) is 2. The lowest BCUT2D eigenvalue weighted by molar-refractivity contribution is -0.121. The standard InChI is InChI=1S/C10H16BrN3O/c1-8(9-6-12-13-7-9)14-10(15)4-2-3-5-11/h6-8H,2-5H2,1H3,(H,12,13)(H,14,15). The largest absolute Gasteiger partial charge is 0.349 e. The topological polar surface area (TPSA) is 57.8 Å². The average Bonchev–Trinajstić information content (AvgIpc) is 2.70. The van der Waals surface area contributed by atoms with Gasteiger partial charge in [-0.1, -0.05) is 15.9 Å². The number of carbonyl (C=O) groups is 1. The summed E-state index contributed by atoms with van der Waals surface area (Å²) in [6.45, 7) is 1.95. The molecule has 15 heavy (non-hydrogen) atoms. The third-order valence-electron chi connectivity index (χ3n) is 2.18. The molecular formula is C10H16BrN3O. The number of aromatic amines is 1. The van der Waals surface area contributed by atoms with Gasteiger partial charge >= 0.3 is 0 Å². The number of unbranched alkanes of at least 4 members (excludes halogenated alkanes) is 1. The van der Waals surface area contributed by atoms with Gasteiger partial charge in [-0.3, -0.25) is 9.89 Å². The van der Waals surface area contributed by atoms with Crippen LogP contribution >= 0.6 is 15.9 Å². The molecule has 4 nitrogen and oxygen atoms in total. The third-order valence-corrected chi connectivity index (χ3v) is 2.75. The van der Waals surface area contributed by atoms with Gasteiger partial charge in [0.25, 0.3) is 0 Å². The summed E-state index contributed by atoms with van der Waals surface area (Å²) in [6, 6.07) is 0.0280. The smallest absolute Gasteiger partial charge is 0.220 e. The predicted molar refractivity (Wildman–Crippen MR) is 62.8 cm³/mol. The molecule has 0 spiro atoms. The Labute approximate surface area is 98.0 Å². The predicted octanol–water partition coefficient (Wildman–Crippen LogP) is 2.15. The van der Waals surface area contributed by atoms with Gasteiger partial charge in [0.15, 0.2) is 0 Å². The second kappa shape index (κ2) is 6.61. The Morgan fingerprint density at radius 1 is 1.67 bits per heavy atom. The van der Waals surface area contributed by atoms with E-state index in [4.69, 9.17) is 0 Å². The summed E-state index contributed by atoms with van der Waals surface area (Å²) in [5.74, 6) is 0.102. The second-order valence-corrected chi connectivity index (χ2v) is 4.26. The number of aromatic nitrogens is 2. The maximum Gasteiger partial charge on any atom is 0.220 e. The van der Waals surface area contributed by atoms with E-state index in [0.29, 0.717) is 6.42 Å². The van der Waals surface area contributed by atoms with E-state index in [-0.39, 0.29) is 11.9 Å². The number of H-pyrrole nitrogens is 1. The first-order valence-corrected chi connectivity index (χ1v) is 6.20. The first-order chi connectivity index (χ1) is 7.24. The molecule has 1 amide bonds. The number of halogens is 1. The minimum Gasteiger partial charge on any atom is -0.349 e. The Kier molecular flexibility index (Phi) is 5.39. The first-order valence-electron chi connectivity index (χ1n) is 5.08. The molecule has 0 fully saturated rings. The van der Waals surface area contributed by atoms with Crippen LogP contribution in [0.15, 0.2) is 12.4 Å². The molecule has 1 rings (SSSR count). The Morgan fingerprint density at radius 3 is 3.07 bits per heavy atom. The molecular weight excluding hydrogens is 258 g/mol. The fourth-order valence-corrected chi connectivity index (χ4v) is 1.67. The summed E-state index contributed by atoms with van der Waals surface area (Å²) in [6.07, 6.45) is 6.07. The molecule has 0 saturated carbocycles. The number of nitrogens with one attached hydrogen (secondary N) is 2. The lowest BCUT2D eigenvalue weighted by Gasteiger charge is -2.11. The van der Waals surface area contributed by atoms with Gasteiger partial charge in [0.05, 0.1) is 12.2 Å². The Hall–Kier alpha value is -0.840. The van der Waals surface area contributed by atoms with Crippen molar-refractivity contribution in [2.45, 2.75) is 32.2 Å². The lowest BCUT2D eigenvalue weighted by Crippen LogP contribution is -2.26. The molecule has 2 N–H and O–H groups in total. The maximum absolute atomic E-state index is 11.5. The van der Waals surface area contributed by atoms with E-state index in [1.807, 2.05) is 6.92 Å². The van der Waals surface area contributed by atoms with Gasteiger partial charge in [0.2, 0.25) is 5.91 Å². The highest BCUT2D eigenvalue weighted by atomic mass is 79.9. The highest BCUT2D eigenvalue weighted by Crippen LogP contribution is 2.09. The Morgan fingerprint density at radius 2 is 2.47 bits per heavy atom. The zero-order valence-corrected chi connectivity index (χ0v) is 10.4. The number of alkyl halides is 1. The molecule has 1 heterocycles. The summed E-state index contributed by atoms with van der Waals surface area (Å²) in [5, 5.41) is 10.5. The van der Waals surface area contributed by atoms with Crippen LogP contribution in [0, 0.1) is 0 Å². The molecule has 5 heteroatoms. The Balaban J connectivity index is 2.26. The first kappa shape index (κ1) is 12.2. The molecule has 1 unspecified atom stereocenters. The normalized spacial score (nSPS) is 12.4. The van der Waals surface area contributed by atoms with E-state index in [9.17, 15) is 4.79 Å². The summed E-state index contributed by atoms with van der Waals surface area (Å²) in [5.41, 5.74) is 1.00. The maximum atomic E-state index is 11.5. The molecule has 84 valence electrons. The second-order valence-electron chi connectivity index (χ2n) is 3.47. The van der Waals surface area contributed by atoms with Crippen molar-refractivity contribution in [3.63, 3.8) is 0 Å². The number of rotatable bonds is 6. The van der Waals surface area contributed by atoms with Crippen LogP contribution in [0.1, 0.15) is 37.8 Å². The number of nitrogens with zero attached hydrogens (tertiary/aromatic N) is 1. The van der Waals surface area contributed by atoms with E-state index >= 15 is 0 Å². The van der Waals surface area contributed by atoms with Crippen molar-refractivity contribution < 1.29 is 4.79 Å². The van der Waals surface area contributed by atoms with Crippen LogP contribution in [0.25, 0.3) is 0 Å². The quantitative estimate of drug-likeness (QED) is 0.617. The van der Waals surface area contributed by atoms with Crippen LogP contribution in [-0.4, -0.2) is 21.4 Å². The van der Waals surface area contributed by atoms with Gasteiger partial charge in [0, 0.05) is 23.5 Å². The van der Waals surface area contributed by atoms with E-state index in [1.54, 1.807) is 12.4 Å². The van der Waals surface area contributed by atoms with Crippen LogP contribution in [0.3, 0.4) is 0 Å². The van der Waals surface area contributed by atoms with Crippen LogP contribution in [0.5, 0.6) is 0 Å². The average molecular weight is 274 g/mol. The number of amides is 1. The molecule has 0 radical (unpaired) electrons. The summed E-state index contributed by atoms with van der Waals surface area (Å²) >= 11 is 3.34. The van der Waals surface area contributed by atoms with E-state index in [0.717, 1.165) is 23.7 Å². The van der Waals surface area contributed by atoms with Crippen molar-refractivity contribution in [1.82, 2.24) is 15.5 Å². The fourth-order valence-electron chi connectivity index (χ4n) is 1.27. The third kappa shape index (κ3) is 4.46. The molecule has 1 aromatic rings. The van der Waals surface area contributed by atoms with Gasteiger partial charge in [-0.25, -0.2) is 0 Å². The highest BCUT2D eigenvalue weighted by Gasteiger charge is 2.09. The molecule has 1 aromatic heterocycles. The van der Waals surface area contributed by atoms with Gasteiger partial charge in [-0.2, -0.15) is 5.10 Å². The van der Waals surface area contributed by atoms with Crippen molar-refractivity contribution in [3.05, 3.63) is 18.0 Å². The summed E-state index contributed by atoms with van der Waals surface area (Å²) < 4.78 is 0. The van der Waals surface area contributed by atoms with Gasteiger partial charge < -0.3 is 5.32 Å². The van der Waals surface area contributed by atoms with Crippen LogP contribution in [0.4, 0.5) is 0 Å². The molecule has 0 saturated heterocycles. The van der Waals surface area contributed by atoms with Crippen molar-refractivity contribution in [2.75, 3.05) is 5.33 Å². The van der Waals surface area contributed by atoms with Gasteiger partial charge in [0.1, 0.15) is 0 Å². The molecule has 0 aliphatic heterocycles. The van der Waals surface area contributed by atoms with Gasteiger partial charge in [-0.05, 0) is 19.8 Å². The van der Waals surface area contributed by atoms with Crippen LogP contribution < -0.4 is 5.32 Å². The van der Waals surface area contributed by atoms with Crippen molar-refractivity contribution >= 4 is 21.8 Å². The fraction of sp³-hybridized carbons (Fsp3) is 0.600. The van der Waals surface area contributed by atoms with Crippen LogP contribution in [-0.2, 0) is 4.79 Å². The molecule has 0 aromatic carbocycles. The zero-order valence-electron chi connectivity index (χ0n) is 8.79. The monoisotopic (exact) mass is 273 g/mol. The number of carbonyl (C=O) groups excluding carboxylic acids is 1. The lowest BCUT2D eigenvalue weighted by atomic mass is 10.2. The van der Waals surface area contributed by atoms with Crippen molar-refractivity contribution in [2.24, 2.45) is 0 Å². The Bertz CT molecular complexity index is 287. The van der Waals surface area contributed by atoms with E-state index in [2.05, 4.69) is 31.4 Å². The molecule has 0 aliphatic carbocycles. The molecule has 0 aliphatic rings. The minimum atomic E-state index is 0.0280. The van der Waals surface area contributed by atoms with Crippen molar-refractivity contribution in [1.29, 1.82) is 0 Å². The minimum absolute atomic E-state index is 0.0280. The zero-order chi connectivity index (χ0) is 11.1. The van der Waals surface area contributed by atoms with Crippen LogP contribution in [0.2, 0.25) is 0 Å². The molecule has 1 atom stereocenters. The van der Waals surface area contributed by atoms with Crippen molar-refractivity contribution in [3.8, 4) is 0 Å². The summed E-state index contributed by atoms with van der Waals surface area (Å²) in [7, 11) is 0. The summed E-state index contributed by atoms with van der Waals surface area (Å²) in [4.78, 5) is 11.5. The highest BCUT2D eigenvalue weighted by molar-refractivity contribution is 9.09. The van der Waals surface area contributed by atoms with E-state index in [1.165, 1.54) is 0 Å².